The monoisotopic (exact) mass is 424 g/mol. The number of hydrogen-bond donors (Lipinski definition) is 1. The van der Waals surface area contributed by atoms with E-state index < -0.39 is 5.60 Å². The number of benzene rings is 2. The van der Waals surface area contributed by atoms with Gasteiger partial charge in [0.1, 0.15) is 6.61 Å². The number of methoxy groups -OCH3 is 1. The number of rotatable bonds is 5. The molecule has 7 heteroatoms. The van der Waals surface area contributed by atoms with Crippen molar-refractivity contribution in [2.45, 2.75) is 19.4 Å². The highest BCUT2D eigenvalue weighted by atomic mass is 35.5. The van der Waals surface area contributed by atoms with Crippen molar-refractivity contribution >= 4 is 11.6 Å². The van der Waals surface area contributed by atoms with Gasteiger partial charge in [-0.3, -0.25) is 4.79 Å². The number of halogens is 1. The average Bonchev–Trinajstić information content (AvgIpc) is 2.71. The Morgan fingerprint density at radius 3 is 2.40 bits per heavy atom. The lowest BCUT2D eigenvalue weighted by Gasteiger charge is -2.19. The predicted molar refractivity (Wildman–Crippen MR) is 116 cm³/mol. The van der Waals surface area contributed by atoms with E-state index in [1.54, 1.807) is 56.3 Å². The molecule has 0 unspecified atom stereocenters. The molecule has 1 aromatic heterocycles. The first-order chi connectivity index (χ1) is 14.2. The van der Waals surface area contributed by atoms with E-state index in [1.807, 2.05) is 0 Å². The Morgan fingerprint density at radius 2 is 1.77 bits per heavy atom. The third-order valence-electron chi connectivity index (χ3n) is 3.97. The minimum atomic E-state index is -0.981. The summed E-state index contributed by atoms with van der Waals surface area (Å²) in [6.07, 6.45) is 1.52. The van der Waals surface area contributed by atoms with E-state index in [1.165, 1.54) is 24.1 Å². The van der Waals surface area contributed by atoms with Crippen molar-refractivity contribution in [3.63, 3.8) is 0 Å². The zero-order valence-corrected chi connectivity index (χ0v) is 17.6. The maximum atomic E-state index is 12.5. The van der Waals surface area contributed by atoms with Gasteiger partial charge in [-0.05, 0) is 50.2 Å². The fraction of sp³-hybridized carbons (Fsp3) is 0.217. The SMILES string of the molecule is COc1cc(-n2ncc(C#Cc3ccc(Cl)cc3)cc2=O)ccc1OCC(C)(C)O. The highest BCUT2D eigenvalue weighted by Crippen LogP contribution is 2.29. The van der Waals surface area contributed by atoms with E-state index in [2.05, 4.69) is 16.9 Å². The number of nitrogens with zero attached hydrogens (tertiary/aromatic N) is 2. The van der Waals surface area contributed by atoms with Crippen LogP contribution in [0, 0.1) is 11.8 Å². The van der Waals surface area contributed by atoms with Crippen molar-refractivity contribution in [3.05, 3.63) is 81.2 Å². The smallest absolute Gasteiger partial charge is 0.272 e. The molecule has 1 heterocycles. The summed E-state index contributed by atoms with van der Waals surface area (Å²) >= 11 is 5.86. The molecule has 2 aromatic carbocycles. The Labute approximate surface area is 179 Å². The highest BCUT2D eigenvalue weighted by Gasteiger charge is 2.16. The van der Waals surface area contributed by atoms with Gasteiger partial charge in [0.2, 0.25) is 0 Å². The van der Waals surface area contributed by atoms with Gasteiger partial charge in [-0.25, -0.2) is 0 Å². The molecule has 0 aliphatic carbocycles. The number of aliphatic hydroxyl groups is 1. The molecule has 0 amide bonds. The van der Waals surface area contributed by atoms with Gasteiger partial charge in [-0.15, -0.1) is 0 Å². The number of aromatic nitrogens is 2. The Morgan fingerprint density at radius 1 is 1.07 bits per heavy atom. The first-order valence-corrected chi connectivity index (χ1v) is 9.53. The Hall–Kier alpha value is -3.27. The van der Waals surface area contributed by atoms with Crippen LogP contribution in [0.15, 0.2) is 59.5 Å². The minimum absolute atomic E-state index is 0.0991. The summed E-state index contributed by atoms with van der Waals surface area (Å²) in [7, 11) is 1.50. The van der Waals surface area contributed by atoms with Crippen LogP contribution in [0.25, 0.3) is 5.69 Å². The average molecular weight is 425 g/mol. The van der Waals surface area contributed by atoms with Crippen molar-refractivity contribution in [1.29, 1.82) is 0 Å². The normalized spacial score (nSPS) is 10.8. The zero-order chi connectivity index (χ0) is 21.7. The molecule has 30 heavy (non-hydrogen) atoms. The Balaban J connectivity index is 1.84. The van der Waals surface area contributed by atoms with E-state index in [0.29, 0.717) is 27.8 Å². The van der Waals surface area contributed by atoms with Crippen LogP contribution in [0.3, 0.4) is 0 Å². The van der Waals surface area contributed by atoms with E-state index in [-0.39, 0.29) is 12.2 Å². The lowest BCUT2D eigenvalue weighted by molar-refractivity contribution is 0.0276. The first kappa shape index (κ1) is 21.4. The standard InChI is InChI=1S/C23H21ClN2O4/c1-23(2,28)15-30-20-11-10-19(13-21(20)29-3)26-22(27)12-17(14-25-26)5-4-16-6-8-18(24)9-7-16/h6-14,28H,15H2,1-3H3. The van der Waals surface area contributed by atoms with Crippen molar-refractivity contribution < 1.29 is 14.6 Å². The maximum Gasteiger partial charge on any atom is 0.272 e. The van der Waals surface area contributed by atoms with E-state index in [4.69, 9.17) is 21.1 Å². The van der Waals surface area contributed by atoms with E-state index in [9.17, 15) is 9.90 Å². The molecular weight excluding hydrogens is 404 g/mol. The van der Waals surface area contributed by atoms with E-state index in [0.717, 1.165) is 5.56 Å². The molecular formula is C23H21ClN2O4. The molecule has 0 bridgehead atoms. The van der Waals surface area contributed by atoms with Gasteiger partial charge in [0.05, 0.1) is 30.2 Å². The fourth-order valence-electron chi connectivity index (χ4n) is 2.51. The van der Waals surface area contributed by atoms with Gasteiger partial charge in [-0.2, -0.15) is 9.78 Å². The van der Waals surface area contributed by atoms with Gasteiger partial charge >= 0.3 is 0 Å². The van der Waals surface area contributed by atoms with Crippen LogP contribution in [0.4, 0.5) is 0 Å². The van der Waals surface area contributed by atoms with Crippen LogP contribution in [-0.2, 0) is 0 Å². The lowest BCUT2D eigenvalue weighted by atomic mass is 10.2. The third-order valence-corrected chi connectivity index (χ3v) is 4.22. The lowest BCUT2D eigenvalue weighted by Crippen LogP contribution is -2.28. The molecule has 0 atom stereocenters. The summed E-state index contributed by atoms with van der Waals surface area (Å²) in [5.41, 5.74) is 0.499. The molecule has 0 fully saturated rings. The van der Waals surface area contributed by atoms with Crippen molar-refractivity contribution in [2.24, 2.45) is 0 Å². The zero-order valence-electron chi connectivity index (χ0n) is 16.8. The molecule has 1 N–H and O–H groups in total. The molecule has 0 saturated heterocycles. The molecule has 0 radical (unpaired) electrons. The van der Waals surface area contributed by atoms with Crippen LogP contribution in [-0.4, -0.2) is 34.2 Å². The van der Waals surface area contributed by atoms with Gasteiger partial charge in [-0.1, -0.05) is 23.4 Å². The second-order valence-corrected chi connectivity index (χ2v) is 7.62. The summed E-state index contributed by atoms with van der Waals surface area (Å²) in [4.78, 5) is 12.5. The molecule has 0 spiro atoms. The topological polar surface area (TPSA) is 73.6 Å². The van der Waals surface area contributed by atoms with E-state index >= 15 is 0 Å². The van der Waals surface area contributed by atoms with Gasteiger partial charge in [0.15, 0.2) is 11.5 Å². The van der Waals surface area contributed by atoms with Crippen molar-refractivity contribution in [3.8, 4) is 29.0 Å². The van der Waals surface area contributed by atoms with Crippen LogP contribution in [0.1, 0.15) is 25.0 Å². The summed E-state index contributed by atoms with van der Waals surface area (Å²) in [6.45, 7) is 3.39. The summed E-state index contributed by atoms with van der Waals surface area (Å²) < 4.78 is 12.2. The number of hydrogen-bond acceptors (Lipinski definition) is 5. The fourth-order valence-corrected chi connectivity index (χ4v) is 2.64. The van der Waals surface area contributed by atoms with Crippen LogP contribution >= 0.6 is 11.6 Å². The predicted octanol–water partition coefficient (Wildman–Crippen LogP) is 3.44. The van der Waals surface area contributed by atoms with Gasteiger partial charge in [0.25, 0.3) is 5.56 Å². The summed E-state index contributed by atoms with van der Waals surface area (Å²) in [5.74, 6) is 6.79. The molecule has 0 saturated carbocycles. The second-order valence-electron chi connectivity index (χ2n) is 7.19. The van der Waals surface area contributed by atoms with Gasteiger partial charge in [0, 0.05) is 22.7 Å². The second kappa shape index (κ2) is 9.04. The molecule has 3 rings (SSSR count). The molecule has 154 valence electrons. The van der Waals surface area contributed by atoms with Crippen LogP contribution < -0.4 is 15.0 Å². The van der Waals surface area contributed by atoms with Crippen molar-refractivity contribution in [2.75, 3.05) is 13.7 Å². The molecule has 0 aliphatic heterocycles. The van der Waals surface area contributed by atoms with Crippen LogP contribution in [0.2, 0.25) is 5.02 Å². The largest absolute Gasteiger partial charge is 0.493 e. The quantitative estimate of drug-likeness (QED) is 0.635. The Bertz CT molecular complexity index is 1150. The maximum absolute atomic E-state index is 12.5. The molecule has 6 nitrogen and oxygen atoms in total. The first-order valence-electron chi connectivity index (χ1n) is 9.16. The van der Waals surface area contributed by atoms with Crippen molar-refractivity contribution in [1.82, 2.24) is 9.78 Å². The van der Waals surface area contributed by atoms with Gasteiger partial charge < -0.3 is 14.6 Å². The minimum Gasteiger partial charge on any atom is -0.493 e. The highest BCUT2D eigenvalue weighted by molar-refractivity contribution is 6.30. The summed E-state index contributed by atoms with van der Waals surface area (Å²) in [6, 6.07) is 13.5. The third kappa shape index (κ3) is 5.63. The number of ether oxygens (including phenoxy) is 2. The molecule has 3 aromatic rings. The van der Waals surface area contributed by atoms with Crippen LogP contribution in [0.5, 0.6) is 11.5 Å². The summed E-state index contributed by atoms with van der Waals surface area (Å²) in [5, 5.41) is 14.7. The molecule has 0 aliphatic rings. The Kier molecular flexibility index (Phi) is 6.46.